The number of nitrogens with one attached hydrogen (secondary N) is 5. The largest absolute Gasteiger partial charge is 0.465 e. The molecule has 0 radical (unpaired) electrons. The second-order valence-electron chi connectivity index (χ2n) is 8.58. The van der Waals surface area contributed by atoms with Crippen molar-refractivity contribution in [3.8, 4) is 0 Å². The van der Waals surface area contributed by atoms with E-state index in [9.17, 15) is 19.2 Å². The Morgan fingerprint density at radius 1 is 1.11 bits per heavy atom. The average molecular weight is 534 g/mol. The van der Waals surface area contributed by atoms with Gasteiger partial charge in [-0.15, -0.1) is 11.3 Å². The number of hydrogen-bond acceptors (Lipinski definition) is 8. The maximum atomic E-state index is 12.0. The summed E-state index contributed by atoms with van der Waals surface area (Å²) < 4.78 is 0. The third-order valence-corrected chi connectivity index (χ3v) is 6.77. The summed E-state index contributed by atoms with van der Waals surface area (Å²) in [5.41, 5.74) is 2.41. The van der Waals surface area contributed by atoms with E-state index in [-0.39, 0.29) is 17.7 Å². The first kappa shape index (κ1) is 27.7. The van der Waals surface area contributed by atoms with E-state index in [1.807, 2.05) is 22.8 Å². The highest BCUT2D eigenvalue weighted by molar-refractivity contribution is 7.15. The summed E-state index contributed by atoms with van der Waals surface area (Å²) in [6, 6.07) is 7.17. The molecule has 1 aliphatic rings. The molecular formula is C23H31N7O6S. The van der Waals surface area contributed by atoms with E-state index in [1.165, 1.54) is 18.3 Å². The summed E-state index contributed by atoms with van der Waals surface area (Å²) in [5, 5.41) is 30.6. The van der Waals surface area contributed by atoms with Crippen LogP contribution in [0.4, 0.5) is 20.4 Å². The number of rotatable bonds is 11. The molecule has 0 aliphatic carbocycles. The summed E-state index contributed by atoms with van der Waals surface area (Å²) in [6.07, 6.45) is -1.86. The fraction of sp³-hybridized carbons (Fsp3) is 0.435. The fourth-order valence-electron chi connectivity index (χ4n) is 4.06. The van der Waals surface area contributed by atoms with E-state index in [1.54, 1.807) is 19.2 Å². The molecule has 1 fully saturated rings. The number of nitrogens with zero attached hydrogens (tertiary/aromatic N) is 2. The van der Waals surface area contributed by atoms with E-state index >= 15 is 0 Å². The third-order valence-electron chi connectivity index (χ3n) is 5.77. The number of carboxylic acid groups (broad SMARTS) is 2. The van der Waals surface area contributed by atoms with Gasteiger partial charge in [-0.05, 0) is 43.5 Å². The van der Waals surface area contributed by atoms with E-state index < -0.39 is 18.5 Å². The lowest BCUT2D eigenvalue weighted by atomic mass is 10.1. The van der Waals surface area contributed by atoms with E-state index in [2.05, 4.69) is 25.8 Å². The van der Waals surface area contributed by atoms with E-state index in [0.29, 0.717) is 36.8 Å². The zero-order valence-corrected chi connectivity index (χ0v) is 21.4. The van der Waals surface area contributed by atoms with E-state index in [4.69, 9.17) is 10.2 Å². The lowest BCUT2D eigenvalue weighted by Crippen LogP contribution is -2.52. The quantitative estimate of drug-likeness (QED) is 0.211. The molecule has 4 amide bonds. The first-order valence-corrected chi connectivity index (χ1v) is 12.5. The second-order valence-corrected chi connectivity index (χ2v) is 9.66. The fourth-order valence-corrected chi connectivity index (χ4v) is 5.15. The van der Waals surface area contributed by atoms with Crippen LogP contribution in [0.25, 0.3) is 0 Å². The van der Waals surface area contributed by atoms with Gasteiger partial charge >= 0.3 is 12.2 Å². The van der Waals surface area contributed by atoms with Gasteiger partial charge in [-0.2, -0.15) is 0 Å². The van der Waals surface area contributed by atoms with Crippen LogP contribution in [0.2, 0.25) is 0 Å². The lowest BCUT2D eigenvalue weighted by molar-refractivity contribution is -0.124. The van der Waals surface area contributed by atoms with Gasteiger partial charge in [0.15, 0.2) is 11.4 Å². The number of amides is 4. The van der Waals surface area contributed by atoms with Crippen LogP contribution >= 0.6 is 11.3 Å². The Morgan fingerprint density at radius 2 is 1.78 bits per heavy atom. The number of carbonyl (C=O) groups is 4. The van der Waals surface area contributed by atoms with Crippen molar-refractivity contribution in [2.24, 2.45) is 5.92 Å². The van der Waals surface area contributed by atoms with Gasteiger partial charge in [-0.25, -0.2) is 14.6 Å². The molecule has 1 atom stereocenters. The van der Waals surface area contributed by atoms with Crippen molar-refractivity contribution in [1.82, 2.24) is 25.8 Å². The molecule has 7 N–H and O–H groups in total. The number of aryl methyl sites for hydroxylation is 2. The monoisotopic (exact) mass is 533 g/mol. The minimum atomic E-state index is -1.38. The number of anilines is 2. The first-order valence-electron chi connectivity index (χ1n) is 11.7. The molecule has 1 aromatic carbocycles. The highest BCUT2D eigenvalue weighted by Gasteiger charge is 2.28. The predicted molar refractivity (Wildman–Crippen MR) is 137 cm³/mol. The van der Waals surface area contributed by atoms with Crippen LogP contribution in [0.5, 0.6) is 0 Å². The lowest BCUT2D eigenvalue weighted by Gasteiger charge is -2.19. The number of carbonyl (C=O) groups excluding carboxylic acids is 2. The van der Waals surface area contributed by atoms with Gasteiger partial charge in [0.1, 0.15) is 0 Å². The molecule has 0 bridgehead atoms. The maximum absolute atomic E-state index is 12.0. The van der Waals surface area contributed by atoms with E-state index in [0.717, 1.165) is 29.1 Å². The molecule has 0 saturated carbocycles. The molecule has 2 heterocycles. The number of likely N-dealkylation sites (tertiary alicyclic amines) is 1. The summed E-state index contributed by atoms with van der Waals surface area (Å²) >= 11 is 1.44. The Kier molecular flexibility index (Phi) is 9.63. The molecule has 1 saturated heterocycles. The van der Waals surface area contributed by atoms with Gasteiger partial charge in [-0.1, -0.05) is 12.1 Å². The molecule has 200 valence electrons. The number of benzene rings is 1. The molecule has 3 rings (SSSR count). The van der Waals surface area contributed by atoms with Crippen molar-refractivity contribution in [1.29, 1.82) is 0 Å². The van der Waals surface area contributed by atoms with Gasteiger partial charge in [0.05, 0.1) is 11.6 Å². The Morgan fingerprint density at radius 3 is 2.38 bits per heavy atom. The van der Waals surface area contributed by atoms with Crippen molar-refractivity contribution >= 4 is 46.2 Å². The third kappa shape index (κ3) is 8.61. The topological polar surface area (TPSA) is 185 Å². The Hall–Kier alpha value is -3.91. The molecule has 14 heteroatoms. The van der Waals surface area contributed by atoms with Crippen molar-refractivity contribution in [3.05, 3.63) is 40.4 Å². The molecule has 1 aromatic heterocycles. The molecule has 1 aliphatic heterocycles. The van der Waals surface area contributed by atoms with Crippen LogP contribution in [0.15, 0.2) is 24.3 Å². The maximum Gasteiger partial charge on any atom is 0.407 e. The SMILES string of the molecule is CNC(=O)[C@@H]1CCN(Cc2sc(NC(C)=O)nc2CCc2ccc(NC(NC(=O)O)NC(=O)O)cc2)C1. The Labute approximate surface area is 217 Å². The molecule has 0 spiro atoms. The van der Waals surface area contributed by atoms with Crippen LogP contribution in [0, 0.1) is 5.92 Å². The first-order chi connectivity index (χ1) is 17.6. The Balaban J connectivity index is 1.64. The summed E-state index contributed by atoms with van der Waals surface area (Å²) in [6.45, 7) is 3.58. The summed E-state index contributed by atoms with van der Waals surface area (Å²) in [5.74, 6) is -0.170. The number of aromatic nitrogens is 1. The van der Waals surface area contributed by atoms with Crippen molar-refractivity contribution < 1.29 is 29.4 Å². The van der Waals surface area contributed by atoms with Crippen LogP contribution in [0.3, 0.4) is 0 Å². The normalized spacial score (nSPS) is 15.3. The van der Waals surface area contributed by atoms with Crippen LogP contribution in [0.1, 0.15) is 29.5 Å². The molecule has 13 nitrogen and oxygen atoms in total. The average Bonchev–Trinajstić information content (AvgIpc) is 3.44. The van der Waals surface area contributed by atoms with Gasteiger partial charge in [-0.3, -0.25) is 25.1 Å². The van der Waals surface area contributed by atoms with Crippen LogP contribution < -0.4 is 26.6 Å². The molecule has 37 heavy (non-hydrogen) atoms. The van der Waals surface area contributed by atoms with Crippen LogP contribution in [-0.2, 0) is 29.0 Å². The number of hydrogen-bond donors (Lipinski definition) is 7. The van der Waals surface area contributed by atoms with Crippen molar-refractivity contribution in [2.75, 3.05) is 30.8 Å². The molecule has 2 aromatic rings. The molecule has 0 unspecified atom stereocenters. The van der Waals surface area contributed by atoms with Crippen molar-refractivity contribution in [2.45, 2.75) is 39.0 Å². The van der Waals surface area contributed by atoms with Gasteiger partial charge < -0.3 is 26.2 Å². The smallest absolute Gasteiger partial charge is 0.407 e. The number of thiazole rings is 1. The predicted octanol–water partition coefficient (Wildman–Crippen LogP) is 1.69. The summed E-state index contributed by atoms with van der Waals surface area (Å²) in [4.78, 5) is 53.2. The zero-order valence-electron chi connectivity index (χ0n) is 20.5. The second kappa shape index (κ2) is 12.9. The standard InChI is InChI=1S/C23H31N7O6S/c1-13(31)25-21-27-17(18(37-21)12-30-10-9-15(11-30)19(32)24-2)8-5-14-3-6-16(7-4-14)26-20(28-22(33)34)29-23(35)36/h3-4,6-7,15,20,26,28-29H,5,8-12H2,1-2H3,(H,24,32)(H,33,34)(H,35,36)(H,25,27,31)/t15-/m1/s1. The highest BCUT2D eigenvalue weighted by atomic mass is 32.1. The highest BCUT2D eigenvalue weighted by Crippen LogP contribution is 2.28. The zero-order chi connectivity index (χ0) is 26.9. The van der Waals surface area contributed by atoms with Gasteiger partial charge in [0.2, 0.25) is 11.8 Å². The summed E-state index contributed by atoms with van der Waals surface area (Å²) in [7, 11) is 1.65. The minimum absolute atomic E-state index is 0.0284. The van der Waals surface area contributed by atoms with Crippen LogP contribution in [-0.4, -0.2) is 70.5 Å². The van der Waals surface area contributed by atoms with Gasteiger partial charge in [0.25, 0.3) is 0 Å². The Bertz CT molecular complexity index is 1110. The molecular weight excluding hydrogens is 502 g/mol. The van der Waals surface area contributed by atoms with Crippen molar-refractivity contribution in [3.63, 3.8) is 0 Å². The van der Waals surface area contributed by atoms with Gasteiger partial charge in [0, 0.05) is 37.6 Å². The minimum Gasteiger partial charge on any atom is -0.465 e.